The lowest BCUT2D eigenvalue weighted by molar-refractivity contribution is -0.124. The zero-order chi connectivity index (χ0) is 23.1. The Morgan fingerprint density at radius 3 is 2.50 bits per heavy atom. The largest absolute Gasteiger partial charge is 0.493 e. The molecule has 7 heteroatoms. The third-order valence-electron chi connectivity index (χ3n) is 5.08. The first-order valence-electron chi connectivity index (χ1n) is 10.6. The third-order valence-corrected chi connectivity index (χ3v) is 5.08. The molecule has 32 heavy (non-hydrogen) atoms. The number of ether oxygens (including phenoxy) is 3. The molecule has 2 aromatic carbocycles. The molecule has 1 heterocycles. The Kier molecular flexibility index (Phi) is 7.65. The Labute approximate surface area is 187 Å². The lowest BCUT2D eigenvalue weighted by atomic mass is 10.0. The molecule has 0 bridgehead atoms. The molecule has 0 spiro atoms. The lowest BCUT2D eigenvalue weighted by Gasteiger charge is -2.14. The molecule has 0 radical (unpaired) electrons. The summed E-state index contributed by atoms with van der Waals surface area (Å²) in [6, 6.07) is 14.4. The highest BCUT2D eigenvalue weighted by molar-refractivity contribution is 6.05. The average Bonchev–Trinajstić information content (AvgIpc) is 2.81. The number of rotatable bonds is 9. The lowest BCUT2D eigenvalue weighted by Crippen LogP contribution is -2.35. The molecule has 1 atom stereocenters. The van der Waals surface area contributed by atoms with Crippen LogP contribution in [-0.4, -0.2) is 43.7 Å². The molecule has 3 rings (SSSR count). The predicted molar refractivity (Wildman–Crippen MR) is 123 cm³/mol. The quantitative estimate of drug-likeness (QED) is 0.501. The van der Waals surface area contributed by atoms with Gasteiger partial charge in [0.2, 0.25) is 0 Å². The SMILES string of the molecule is CCCC(C)NC(=O)COC(=O)c1cc(-c2ccc(OC)c(OC)c2)nc2ccccc12. The van der Waals surface area contributed by atoms with Crippen molar-refractivity contribution in [2.45, 2.75) is 32.7 Å². The van der Waals surface area contributed by atoms with Crippen LogP contribution in [-0.2, 0) is 9.53 Å². The van der Waals surface area contributed by atoms with Crippen LogP contribution in [0.15, 0.2) is 48.5 Å². The van der Waals surface area contributed by atoms with Gasteiger partial charge in [-0.1, -0.05) is 31.5 Å². The number of aromatic nitrogens is 1. The summed E-state index contributed by atoms with van der Waals surface area (Å²) in [5, 5.41) is 3.49. The third kappa shape index (κ3) is 5.35. The van der Waals surface area contributed by atoms with Gasteiger partial charge in [0.05, 0.1) is 31.0 Å². The molecule has 1 unspecified atom stereocenters. The fourth-order valence-electron chi connectivity index (χ4n) is 3.52. The molecule has 168 valence electrons. The number of hydrogen-bond acceptors (Lipinski definition) is 6. The Balaban J connectivity index is 1.90. The number of benzene rings is 2. The molecule has 0 saturated heterocycles. The number of nitrogens with one attached hydrogen (secondary N) is 1. The number of pyridine rings is 1. The molecule has 1 N–H and O–H groups in total. The molecular formula is C25H28N2O5. The Morgan fingerprint density at radius 2 is 1.78 bits per heavy atom. The van der Waals surface area contributed by atoms with E-state index in [1.807, 2.05) is 38.1 Å². The summed E-state index contributed by atoms with van der Waals surface area (Å²) < 4.78 is 16.0. The van der Waals surface area contributed by atoms with Gasteiger partial charge in [-0.2, -0.15) is 0 Å². The number of nitrogens with zero attached hydrogens (tertiary/aromatic N) is 1. The van der Waals surface area contributed by atoms with Gasteiger partial charge in [0.1, 0.15) is 0 Å². The van der Waals surface area contributed by atoms with Gasteiger partial charge in [0.15, 0.2) is 18.1 Å². The minimum absolute atomic E-state index is 0.0320. The maximum absolute atomic E-state index is 12.9. The maximum atomic E-state index is 12.9. The van der Waals surface area contributed by atoms with E-state index in [4.69, 9.17) is 19.2 Å². The van der Waals surface area contributed by atoms with Gasteiger partial charge in [-0.25, -0.2) is 9.78 Å². The van der Waals surface area contributed by atoms with Crippen molar-refractivity contribution in [3.05, 3.63) is 54.1 Å². The van der Waals surface area contributed by atoms with Crippen LogP contribution in [0.2, 0.25) is 0 Å². The van der Waals surface area contributed by atoms with Gasteiger partial charge in [-0.05, 0) is 43.7 Å². The number of hydrogen-bond donors (Lipinski definition) is 1. The van der Waals surface area contributed by atoms with E-state index in [2.05, 4.69) is 5.32 Å². The number of para-hydroxylation sites is 1. The molecule has 7 nitrogen and oxygen atoms in total. The highest BCUT2D eigenvalue weighted by Crippen LogP contribution is 2.33. The first-order chi connectivity index (χ1) is 15.5. The summed E-state index contributed by atoms with van der Waals surface area (Å²) in [5.41, 5.74) is 2.33. The van der Waals surface area contributed by atoms with Gasteiger partial charge in [-0.3, -0.25) is 4.79 Å². The van der Waals surface area contributed by atoms with Crippen LogP contribution in [0.3, 0.4) is 0 Å². The molecule has 0 aliphatic carbocycles. The zero-order valence-corrected chi connectivity index (χ0v) is 18.8. The molecule has 3 aromatic rings. The summed E-state index contributed by atoms with van der Waals surface area (Å²) in [7, 11) is 3.13. The number of amides is 1. The highest BCUT2D eigenvalue weighted by Gasteiger charge is 2.18. The second-order valence-electron chi connectivity index (χ2n) is 7.48. The van der Waals surface area contributed by atoms with E-state index in [-0.39, 0.29) is 18.6 Å². The molecular weight excluding hydrogens is 408 g/mol. The molecule has 0 aliphatic heterocycles. The Bertz CT molecular complexity index is 1110. The van der Waals surface area contributed by atoms with Gasteiger partial charge in [0.25, 0.3) is 5.91 Å². The second-order valence-corrected chi connectivity index (χ2v) is 7.48. The minimum Gasteiger partial charge on any atom is -0.493 e. The second kappa shape index (κ2) is 10.6. The number of fused-ring (bicyclic) bond motifs is 1. The van der Waals surface area contributed by atoms with Gasteiger partial charge < -0.3 is 19.5 Å². The van der Waals surface area contributed by atoms with Crippen LogP contribution in [0.5, 0.6) is 11.5 Å². The fraction of sp³-hybridized carbons (Fsp3) is 0.320. The topological polar surface area (TPSA) is 86.8 Å². The molecule has 1 aromatic heterocycles. The van der Waals surface area contributed by atoms with Crippen LogP contribution in [0, 0.1) is 0 Å². The molecule has 0 fully saturated rings. The summed E-state index contributed by atoms with van der Waals surface area (Å²) in [6.07, 6.45) is 1.83. The summed E-state index contributed by atoms with van der Waals surface area (Å²) >= 11 is 0. The monoisotopic (exact) mass is 436 g/mol. The smallest absolute Gasteiger partial charge is 0.339 e. The van der Waals surface area contributed by atoms with E-state index in [1.165, 1.54) is 0 Å². The highest BCUT2D eigenvalue weighted by atomic mass is 16.5. The first kappa shape index (κ1) is 23.1. The van der Waals surface area contributed by atoms with Crippen LogP contribution in [0.4, 0.5) is 0 Å². The van der Waals surface area contributed by atoms with Crippen LogP contribution >= 0.6 is 0 Å². The summed E-state index contributed by atoms with van der Waals surface area (Å²) in [4.78, 5) is 29.7. The zero-order valence-electron chi connectivity index (χ0n) is 18.8. The Hall–Kier alpha value is -3.61. The standard InChI is InChI=1S/C25H28N2O5/c1-5-8-16(2)26-24(28)15-32-25(29)19-14-21(27-20-10-7-6-9-18(19)20)17-11-12-22(30-3)23(13-17)31-4/h6-7,9-14,16H,5,8,15H2,1-4H3,(H,26,28). The number of esters is 1. The van der Waals surface area contributed by atoms with Crippen molar-refractivity contribution < 1.29 is 23.8 Å². The van der Waals surface area contributed by atoms with E-state index < -0.39 is 5.97 Å². The predicted octanol–water partition coefficient (Wildman–Crippen LogP) is 4.38. The van der Waals surface area contributed by atoms with Crippen molar-refractivity contribution in [1.29, 1.82) is 0 Å². The van der Waals surface area contributed by atoms with Crippen molar-refractivity contribution in [2.24, 2.45) is 0 Å². The van der Waals surface area contributed by atoms with E-state index >= 15 is 0 Å². The number of carbonyl (C=O) groups excluding carboxylic acids is 2. The van der Waals surface area contributed by atoms with E-state index in [1.54, 1.807) is 38.5 Å². The minimum atomic E-state index is -0.580. The summed E-state index contributed by atoms with van der Waals surface area (Å²) in [6.45, 7) is 3.64. The first-order valence-corrected chi connectivity index (χ1v) is 10.6. The normalized spacial score (nSPS) is 11.6. The van der Waals surface area contributed by atoms with Gasteiger partial charge in [-0.15, -0.1) is 0 Å². The van der Waals surface area contributed by atoms with E-state index in [0.29, 0.717) is 33.7 Å². The van der Waals surface area contributed by atoms with Crippen molar-refractivity contribution in [1.82, 2.24) is 10.3 Å². The molecule has 0 saturated carbocycles. The average molecular weight is 437 g/mol. The number of carbonyl (C=O) groups is 2. The van der Waals surface area contributed by atoms with E-state index in [0.717, 1.165) is 18.4 Å². The number of methoxy groups -OCH3 is 2. The van der Waals surface area contributed by atoms with Crippen LogP contribution in [0.1, 0.15) is 37.0 Å². The van der Waals surface area contributed by atoms with Crippen LogP contribution < -0.4 is 14.8 Å². The van der Waals surface area contributed by atoms with Crippen molar-refractivity contribution in [3.63, 3.8) is 0 Å². The van der Waals surface area contributed by atoms with Crippen molar-refractivity contribution in [3.8, 4) is 22.8 Å². The van der Waals surface area contributed by atoms with Crippen molar-refractivity contribution >= 4 is 22.8 Å². The van der Waals surface area contributed by atoms with Crippen molar-refractivity contribution in [2.75, 3.05) is 20.8 Å². The maximum Gasteiger partial charge on any atom is 0.339 e. The van der Waals surface area contributed by atoms with Gasteiger partial charge in [0, 0.05) is 17.0 Å². The molecule has 1 amide bonds. The Morgan fingerprint density at radius 1 is 1.03 bits per heavy atom. The van der Waals surface area contributed by atoms with Crippen LogP contribution in [0.25, 0.3) is 22.2 Å². The van der Waals surface area contributed by atoms with E-state index in [9.17, 15) is 9.59 Å². The summed E-state index contributed by atoms with van der Waals surface area (Å²) in [5.74, 6) is 0.253. The fourth-order valence-corrected chi connectivity index (χ4v) is 3.52. The molecule has 0 aliphatic rings. The van der Waals surface area contributed by atoms with Gasteiger partial charge >= 0.3 is 5.97 Å².